The number of nitrogens with zero attached hydrogens (tertiary/aromatic N) is 2. The van der Waals surface area contributed by atoms with Crippen molar-refractivity contribution in [3.8, 4) is 0 Å². The average Bonchev–Trinajstić information content (AvgIpc) is 2.66. The van der Waals surface area contributed by atoms with E-state index in [1.807, 2.05) is 33.0 Å². The topological polar surface area (TPSA) is 38.0 Å². The van der Waals surface area contributed by atoms with Crippen LogP contribution in [0.1, 0.15) is 41.1 Å². The van der Waals surface area contributed by atoms with Gasteiger partial charge in [0.15, 0.2) is 0 Å². The maximum atomic E-state index is 10.5. The third-order valence-corrected chi connectivity index (χ3v) is 4.11. The van der Waals surface area contributed by atoms with E-state index in [0.717, 1.165) is 28.9 Å². The van der Waals surface area contributed by atoms with Crippen molar-refractivity contribution in [2.45, 2.75) is 39.7 Å². The largest absolute Gasteiger partial charge is 0.388 e. The molecule has 2 aromatic rings. The quantitative estimate of drug-likeness (QED) is 0.936. The molecule has 0 saturated heterocycles. The highest BCUT2D eigenvalue weighted by Gasteiger charge is 2.18. The van der Waals surface area contributed by atoms with Gasteiger partial charge in [0.2, 0.25) is 0 Å². The first kappa shape index (κ1) is 15.1. The highest BCUT2D eigenvalue weighted by atomic mass is 35.5. The lowest BCUT2D eigenvalue weighted by atomic mass is 9.98. The molecule has 1 N–H and O–H groups in total. The lowest BCUT2D eigenvalue weighted by molar-refractivity contribution is 0.175. The van der Waals surface area contributed by atoms with Gasteiger partial charge in [-0.1, -0.05) is 42.3 Å². The summed E-state index contributed by atoms with van der Waals surface area (Å²) >= 11 is 6.33. The summed E-state index contributed by atoms with van der Waals surface area (Å²) in [5.41, 5.74) is 5.02. The van der Waals surface area contributed by atoms with E-state index in [9.17, 15) is 5.11 Å². The number of benzene rings is 1. The highest BCUT2D eigenvalue weighted by Crippen LogP contribution is 2.27. The number of aliphatic hydroxyl groups excluding tert-OH is 1. The highest BCUT2D eigenvalue weighted by molar-refractivity contribution is 6.31. The Bertz CT molecular complexity index is 619. The van der Waals surface area contributed by atoms with Crippen molar-refractivity contribution in [2.75, 3.05) is 0 Å². The molecule has 1 aromatic heterocycles. The van der Waals surface area contributed by atoms with Gasteiger partial charge in [-0.05, 0) is 31.4 Å². The Morgan fingerprint density at radius 3 is 2.60 bits per heavy atom. The lowest BCUT2D eigenvalue weighted by Gasteiger charge is -2.14. The first-order valence-electron chi connectivity index (χ1n) is 6.89. The molecular formula is C16H21ClN2O. The Hall–Kier alpha value is -1.32. The molecule has 4 heteroatoms. The molecule has 0 aliphatic heterocycles. The Morgan fingerprint density at radius 1 is 1.35 bits per heavy atom. The zero-order valence-corrected chi connectivity index (χ0v) is 13.2. The lowest BCUT2D eigenvalue weighted by Crippen LogP contribution is -2.08. The molecule has 0 spiro atoms. The molecule has 2 rings (SSSR count). The molecule has 0 amide bonds. The normalized spacial score (nSPS) is 12.7. The summed E-state index contributed by atoms with van der Waals surface area (Å²) in [6.07, 6.45) is 0.715. The van der Waals surface area contributed by atoms with E-state index < -0.39 is 6.10 Å². The summed E-state index contributed by atoms with van der Waals surface area (Å²) in [7, 11) is 1.87. The first-order chi connectivity index (χ1) is 9.43. The number of aromatic nitrogens is 2. The summed E-state index contributed by atoms with van der Waals surface area (Å²) in [5, 5.41) is 15.5. The number of rotatable bonds is 4. The number of halogens is 1. The van der Waals surface area contributed by atoms with E-state index in [1.54, 1.807) is 4.68 Å². The van der Waals surface area contributed by atoms with Crippen LogP contribution in [0.4, 0.5) is 0 Å². The van der Waals surface area contributed by atoms with Crippen LogP contribution in [-0.2, 0) is 19.9 Å². The maximum Gasteiger partial charge on any atom is 0.0850 e. The molecule has 0 fully saturated rings. The van der Waals surface area contributed by atoms with Crippen LogP contribution >= 0.6 is 11.6 Å². The summed E-state index contributed by atoms with van der Waals surface area (Å²) in [6, 6.07) is 6.09. The summed E-state index contributed by atoms with van der Waals surface area (Å²) in [4.78, 5) is 0. The molecule has 0 aliphatic carbocycles. The number of aliphatic hydroxyl groups is 1. The fourth-order valence-electron chi connectivity index (χ4n) is 2.53. The Morgan fingerprint density at radius 2 is 2.05 bits per heavy atom. The molecule has 3 nitrogen and oxygen atoms in total. The fourth-order valence-corrected chi connectivity index (χ4v) is 2.91. The van der Waals surface area contributed by atoms with Crippen molar-refractivity contribution in [3.05, 3.63) is 51.3 Å². The van der Waals surface area contributed by atoms with Crippen LogP contribution in [-0.4, -0.2) is 14.9 Å². The molecule has 1 aromatic carbocycles. The SMILES string of the molecule is CCc1nn(C)c(CC(O)c2ccc(C)cc2C)c1Cl. The van der Waals surface area contributed by atoms with E-state index in [-0.39, 0.29) is 0 Å². The molecule has 1 heterocycles. The second-order valence-electron chi connectivity index (χ2n) is 5.26. The van der Waals surface area contributed by atoms with Gasteiger partial charge in [0.25, 0.3) is 0 Å². The summed E-state index contributed by atoms with van der Waals surface area (Å²) in [6.45, 7) is 6.10. The molecule has 0 saturated carbocycles. The standard InChI is InChI=1S/C16H21ClN2O/c1-5-13-16(17)14(19(4)18-13)9-15(20)12-7-6-10(2)8-11(12)3/h6-8,15,20H,5,9H2,1-4H3. The van der Waals surface area contributed by atoms with Gasteiger partial charge in [-0.2, -0.15) is 5.10 Å². The van der Waals surface area contributed by atoms with Crippen LogP contribution < -0.4 is 0 Å². The van der Waals surface area contributed by atoms with Gasteiger partial charge in [-0.25, -0.2) is 0 Å². The third kappa shape index (κ3) is 2.89. The molecule has 0 bridgehead atoms. The van der Waals surface area contributed by atoms with Crippen molar-refractivity contribution in [3.63, 3.8) is 0 Å². The van der Waals surface area contributed by atoms with Gasteiger partial charge in [0, 0.05) is 13.5 Å². The minimum absolute atomic E-state index is 0.478. The van der Waals surface area contributed by atoms with E-state index in [4.69, 9.17) is 11.6 Å². The monoisotopic (exact) mass is 292 g/mol. The van der Waals surface area contributed by atoms with Crippen LogP contribution in [0, 0.1) is 13.8 Å². The van der Waals surface area contributed by atoms with Gasteiger partial charge < -0.3 is 5.11 Å². The summed E-state index contributed by atoms with van der Waals surface area (Å²) in [5.74, 6) is 0. The smallest absolute Gasteiger partial charge is 0.0850 e. The van der Waals surface area contributed by atoms with Gasteiger partial charge in [0.05, 0.1) is 22.5 Å². The summed E-state index contributed by atoms with van der Waals surface area (Å²) < 4.78 is 1.77. The van der Waals surface area contributed by atoms with Crippen molar-refractivity contribution in [1.82, 2.24) is 9.78 Å². The Labute approximate surface area is 125 Å². The van der Waals surface area contributed by atoms with Crippen LogP contribution in [0.2, 0.25) is 5.02 Å². The Balaban J connectivity index is 2.27. The molecule has 20 heavy (non-hydrogen) atoms. The number of aryl methyl sites for hydroxylation is 4. The molecule has 108 valence electrons. The van der Waals surface area contributed by atoms with Crippen LogP contribution in [0.25, 0.3) is 0 Å². The molecular weight excluding hydrogens is 272 g/mol. The predicted molar refractivity (Wildman–Crippen MR) is 82.2 cm³/mol. The van der Waals surface area contributed by atoms with Crippen molar-refractivity contribution < 1.29 is 5.11 Å². The van der Waals surface area contributed by atoms with Gasteiger partial charge in [-0.15, -0.1) is 0 Å². The fraction of sp³-hybridized carbons (Fsp3) is 0.438. The van der Waals surface area contributed by atoms with Crippen molar-refractivity contribution in [2.24, 2.45) is 7.05 Å². The molecule has 0 radical (unpaired) electrons. The number of hydrogen-bond donors (Lipinski definition) is 1. The van der Waals surface area contributed by atoms with E-state index >= 15 is 0 Å². The van der Waals surface area contributed by atoms with Crippen LogP contribution in [0.15, 0.2) is 18.2 Å². The molecule has 1 unspecified atom stereocenters. The Kier molecular flexibility index (Phi) is 4.51. The van der Waals surface area contributed by atoms with E-state index in [0.29, 0.717) is 11.4 Å². The predicted octanol–water partition coefficient (Wildman–Crippen LogP) is 3.53. The van der Waals surface area contributed by atoms with Crippen LogP contribution in [0.3, 0.4) is 0 Å². The minimum atomic E-state index is -0.562. The van der Waals surface area contributed by atoms with Gasteiger partial charge >= 0.3 is 0 Å². The zero-order valence-electron chi connectivity index (χ0n) is 12.4. The second kappa shape index (κ2) is 5.98. The molecule has 0 aliphatic rings. The average molecular weight is 293 g/mol. The van der Waals surface area contributed by atoms with Crippen molar-refractivity contribution in [1.29, 1.82) is 0 Å². The van der Waals surface area contributed by atoms with Gasteiger partial charge in [-0.3, -0.25) is 4.68 Å². The van der Waals surface area contributed by atoms with E-state index in [2.05, 4.69) is 18.1 Å². The minimum Gasteiger partial charge on any atom is -0.388 e. The maximum absolute atomic E-state index is 10.5. The van der Waals surface area contributed by atoms with E-state index in [1.165, 1.54) is 5.56 Å². The molecule has 1 atom stereocenters. The first-order valence-corrected chi connectivity index (χ1v) is 7.27. The third-order valence-electron chi connectivity index (χ3n) is 3.67. The second-order valence-corrected chi connectivity index (χ2v) is 5.64. The van der Waals surface area contributed by atoms with Crippen LogP contribution in [0.5, 0.6) is 0 Å². The van der Waals surface area contributed by atoms with Gasteiger partial charge in [0.1, 0.15) is 0 Å². The number of hydrogen-bond acceptors (Lipinski definition) is 2. The zero-order chi connectivity index (χ0) is 14.9. The van der Waals surface area contributed by atoms with Crippen molar-refractivity contribution >= 4 is 11.6 Å².